The summed E-state index contributed by atoms with van der Waals surface area (Å²) in [5.41, 5.74) is 2.73. The molecule has 0 radical (unpaired) electrons. The van der Waals surface area contributed by atoms with Crippen LogP contribution in [0, 0.1) is 0 Å². The van der Waals surface area contributed by atoms with Gasteiger partial charge < -0.3 is 19.2 Å². The summed E-state index contributed by atoms with van der Waals surface area (Å²) in [6.45, 7) is -0.164. The van der Waals surface area contributed by atoms with Gasteiger partial charge in [-0.25, -0.2) is 4.79 Å². The number of fused-ring (bicyclic) bond motifs is 3. The smallest absolute Gasteiger partial charge is 0.339 e. The van der Waals surface area contributed by atoms with Crippen LogP contribution in [-0.4, -0.2) is 12.5 Å². The van der Waals surface area contributed by atoms with Gasteiger partial charge in [-0.05, 0) is 79.8 Å². The molecule has 0 aliphatic heterocycles. The molecule has 6 nitrogen and oxygen atoms in total. The zero-order valence-electron chi connectivity index (χ0n) is 18.0. The fraction of sp³-hybridized carbons (Fsp3) is 0.185. The van der Waals surface area contributed by atoms with Crippen LogP contribution in [0.5, 0.6) is 17.2 Å². The van der Waals surface area contributed by atoms with E-state index < -0.39 is 0 Å². The monoisotopic (exact) mass is 441 g/mol. The van der Waals surface area contributed by atoms with Crippen molar-refractivity contribution in [2.45, 2.75) is 25.7 Å². The highest BCUT2D eigenvalue weighted by Gasteiger charge is 2.18. The maximum Gasteiger partial charge on any atom is 0.339 e. The van der Waals surface area contributed by atoms with Gasteiger partial charge >= 0.3 is 5.63 Å². The van der Waals surface area contributed by atoms with E-state index in [-0.39, 0.29) is 18.1 Å². The number of para-hydroxylation sites is 1. The summed E-state index contributed by atoms with van der Waals surface area (Å²) in [6.07, 6.45) is 3.74. The number of nitrogens with one attached hydrogen (secondary N) is 1. The molecule has 0 atom stereocenters. The molecular formula is C27H23NO5. The zero-order chi connectivity index (χ0) is 22.6. The highest BCUT2D eigenvalue weighted by molar-refractivity contribution is 5.92. The van der Waals surface area contributed by atoms with Crippen LogP contribution in [0.1, 0.15) is 24.0 Å². The molecule has 0 saturated heterocycles. The van der Waals surface area contributed by atoms with Crippen LogP contribution in [0.15, 0.2) is 82.0 Å². The van der Waals surface area contributed by atoms with Gasteiger partial charge in [-0.1, -0.05) is 18.2 Å². The third-order valence-corrected chi connectivity index (χ3v) is 5.68. The molecule has 1 heterocycles. The van der Waals surface area contributed by atoms with Crippen LogP contribution in [0.4, 0.5) is 5.69 Å². The second-order valence-corrected chi connectivity index (χ2v) is 7.99. The SMILES string of the molecule is O=C(COc1ccc2c3c(c(=O)oc2c1)CCCC3)Nc1ccc(Oc2ccccc2)cc1. The molecule has 3 aromatic carbocycles. The number of amides is 1. The Labute approximate surface area is 190 Å². The minimum atomic E-state index is -0.293. The lowest BCUT2D eigenvalue weighted by molar-refractivity contribution is -0.118. The summed E-state index contributed by atoms with van der Waals surface area (Å²) in [6, 6.07) is 22.0. The number of carbonyl (C=O) groups is 1. The number of anilines is 1. The van der Waals surface area contributed by atoms with E-state index >= 15 is 0 Å². The van der Waals surface area contributed by atoms with E-state index in [1.165, 1.54) is 0 Å². The van der Waals surface area contributed by atoms with Gasteiger partial charge in [0, 0.05) is 22.7 Å². The minimum Gasteiger partial charge on any atom is -0.484 e. The number of benzene rings is 3. The quantitative estimate of drug-likeness (QED) is 0.401. The molecule has 33 heavy (non-hydrogen) atoms. The average Bonchev–Trinajstić information content (AvgIpc) is 2.85. The first-order valence-electron chi connectivity index (χ1n) is 11.0. The topological polar surface area (TPSA) is 77.8 Å². The molecule has 0 spiro atoms. The predicted octanol–water partition coefficient (Wildman–Crippen LogP) is 5.48. The maximum atomic E-state index is 12.3. The van der Waals surface area contributed by atoms with Gasteiger partial charge in [0.05, 0.1) is 0 Å². The standard InChI is InChI=1S/C27H23NO5/c29-26(28-18-10-12-20(13-11-18)32-19-6-2-1-3-7-19)17-31-21-14-15-23-22-8-4-5-9-24(22)27(30)33-25(23)16-21/h1-3,6-7,10-16H,4-5,8-9,17H2,(H,28,29). The Morgan fingerprint density at radius 1 is 0.848 bits per heavy atom. The number of hydrogen-bond acceptors (Lipinski definition) is 5. The first-order valence-corrected chi connectivity index (χ1v) is 11.0. The second kappa shape index (κ2) is 9.20. The largest absolute Gasteiger partial charge is 0.484 e. The maximum absolute atomic E-state index is 12.3. The summed E-state index contributed by atoms with van der Waals surface area (Å²) in [7, 11) is 0. The van der Waals surface area contributed by atoms with Gasteiger partial charge in [-0.2, -0.15) is 0 Å². The Balaban J connectivity index is 1.20. The van der Waals surface area contributed by atoms with Crippen molar-refractivity contribution >= 4 is 22.6 Å². The molecule has 1 aliphatic rings. The Kier molecular flexibility index (Phi) is 5.81. The van der Waals surface area contributed by atoms with E-state index in [4.69, 9.17) is 13.9 Å². The number of rotatable bonds is 6. The van der Waals surface area contributed by atoms with Gasteiger partial charge in [0.25, 0.3) is 5.91 Å². The third kappa shape index (κ3) is 4.75. The number of aryl methyl sites for hydroxylation is 1. The van der Waals surface area contributed by atoms with Crippen molar-refractivity contribution in [2.24, 2.45) is 0 Å². The molecule has 4 aromatic rings. The lowest BCUT2D eigenvalue weighted by Crippen LogP contribution is -2.20. The summed E-state index contributed by atoms with van der Waals surface area (Å²) in [5, 5.41) is 3.74. The highest BCUT2D eigenvalue weighted by atomic mass is 16.5. The molecule has 0 bridgehead atoms. The Morgan fingerprint density at radius 2 is 1.55 bits per heavy atom. The van der Waals surface area contributed by atoms with Crippen molar-refractivity contribution in [3.8, 4) is 17.2 Å². The average molecular weight is 441 g/mol. The summed E-state index contributed by atoms with van der Waals surface area (Å²) in [5.74, 6) is 1.60. The van der Waals surface area contributed by atoms with E-state index in [9.17, 15) is 9.59 Å². The van der Waals surface area contributed by atoms with Crippen molar-refractivity contribution in [1.29, 1.82) is 0 Å². The molecule has 5 rings (SSSR count). The normalized spacial score (nSPS) is 12.7. The van der Waals surface area contributed by atoms with E-state index in [2.05, 4.69) is 5.32 Å². The summed E-state index contributed by atoms with van der Waals surface area (Å²) < 4.78 is 16.9. The number of hydrogen-bond donors (Lipinski definition) is 1. The van der Waals surface area contributed by atoms with Crippen LogP contribution < -0.4 is 20.4 Å². The third-order valence-electron chi connectivity index (χ3n) is 5.68. The molecule has 1 N–H and O–H groups in total. The molecule has 0 unspecified atom stereocenters. The van der Waals surface area contributed by atoms with E-state index in [0.717, 1.165) is 47.9 Å². The van der Waals surface area contributed by atoms with E-state index in [0.29, 0.717) is 22.8 Å². The van der Waals surface area contributed by atoms with Crippen molar-refractivity contribution in [1.82, 2.24) is 0 Å². The molecular weight excluding hydrogens is 418 g/mol. The highest BCUT2D eigenvalue weighted by Crippen LogP contribution is 2.29. The van der Waals surface area contributed by atoms with Gasteiger partial charge in [0.2, 0.25) is 0 Å². The summed E-state index contributed by atoms with van der Waals surface area (Å²) in [4.78, 5) is 24.6. The van der Waals surface area contributed by atoms with Crippen molar-refractivity contribution in [3.05, 3.63) is 94.3 Å². The van der Waals surface area contributed by atoms with Crippen molar-refractivity contribution in [2.75, 3.05) is 11.9 Å². The van der Waals surface area contributed by atoms with Crippen LogP contribution in [0.25, 0.3) is 11.0 Å². The summed E-state index contributed by atoms with van der Waals surface area (Å²) >= 11 is 0. The fourth-order valence-corrected chi connectivity index (χ4v) is 4.09. The Hall–Kier alpha value is -4.06. The zero-order valence-corrected chi connectivity index (χ0v) is 18.0. The molecule has 1 aliphatic carbocycles. The Bertz CT molecular complexity index is 1340. The molecule has 166 valence electrons. The number of carbonyl (C=O) groups excluding carboxylic acids is 1. The van der Waals surface area contributed by atoms with Crippen molar-refractivity contribution in [3.63, 3.8) is 0 Å². The van der Waals surface area contributed by atoms with Crippen LogP contribution in [0.3, 0.4) is 0 Å². The van der Waals surface area contributed by atoms with Crippen LogP contribution in [-0.2, 0) is 17.6 Å². The van der Waals surface area contributed by atoms with Crippen LogP contribution >= 0.6 is 0 Å². The van der Waals surface area contributed by atoms with Crippen molar-refractivity contribution < 1.29 is 18.7 Å². The number of ether oxygens (including phenoxy) is 2. The first-order chi connectivity index (χ1) is 16.2. The molecule has 0 saturated carbocycles. The lowest BCUT2D eigenvalue weighted by Gasteiger charge is -2.16. The molecule has 0 fully saturated rings. The van der Waals surface area contributed by atoms with Gasteiger partial charge in [-0.15, -0.1) is 0 Å². The lowest BCUT2D eigenvalue weighted by atomic mass is 9.91. The van der Waals surface area contributed by atoms with Crippen LogP contribution in [0.2, 0.25) is 0 Å². The van der Waals surface area contributed by atoms with Gasteiger partial charge in [0.15, 0.2) is 6.61 Å². The molecule has 1 amide bonds. The van der Waals surface area contributed by atoms with Gasteiger partial charge in [-0.3, -0.25) is 4.79 Å². The van der Waals surface area contributed by atoms with E-state index in [1.54, 1.807) is 36.4 Å². The van der Waals surface area contributed by atoms with Gasteiger partial charge in [0.1, 0.15) is 22.8 Å². The van der Waals surface area contributed by atoms with E-state index in [1.807, 2.05) is 36.4 Å². The minimum absolute atomic E-state index is 0.164. The predicted molar refractivity (Wildman–Crippen MR) is 126 cm³/mol. The fourth-order valence-electron chi connectivity index (χ4n) is 4.09. The second-order valence-electron chi connectivity index (χ2n) is 7.99. The molecule has 1 aromatic heterocycles. The molecule has 6 heteroatoms. The Morgan fingerprint density at radius 3 is 2.33 bits per heavy atom. The first kappa shape index (κ1) is 20.8.